The molecule has 4 N–H and O–H groups in total. The molecule has 1 unspecified atom stereocenters. The Balaban J connectivity index is 1.91. The van der Waals surface area contributed by atoms with E-state index in [1.807, 2.05) is 36.1 Å². The zero-order valence-corrected chi connectivity index (χ0v) is 14.9. The Morgan fingerprint density at radius 1 is 1.44 bits per heavy atom. The number of rotatable bonds is 5. The van der Waals surface area contributed by atoms with Gasteiger partial charge in [0.1, 0.15) is 5.69 Å². The maximum atomic E-state index is 9.81. The first-order valence-electron chi connectivity index (χ1n) is 8.19. The Kier molecular flexibility index (Phi) is 5.11. The molecule has 132 valence electrons. The minimum atomic E-state index is -0.359. The van der Waals surface area contributed by atoms with E-state index >= 15 is 0 Å². The molecule has 25 heavy (non-hydrogen) atoms. The van der Waals surface area contributed by atoms with Crippen molar-refractivity contribution in [1.29, 1.82) is 0 Å². The zero-order valence-electron chi connectivity index (χ0n) is 14.2. The third-order valence-corrected chi connectivity index (χ3v) is 4.54. The van der Waals surface area contributed by atoms with E-state index in [1.165, 1.54) is 0 Å². The van der Waals surface area contributed by atoms with Gasteiger partial charge in [-0.15, -0.1) is 0 Å². The van der Waals surface area contributed by atoms with E-state index in [0.29, 0.717) is 54.2 Å². The number of allylic oxidation sites excluding steroid dienone is 1. The van der Waals surface area contributed by atoms with Crippen LogP contribution in [0.1, 0.15) is 24.7 Å². The van der Waals surface area contributed by atoms with Gasteiger partial charge >= 0.3 is 0 Å². The summed E-state index contributed by atoms with van der Waals surface area (Å²) in [5.41, 5.74) is 8.48. The van der Waals surface area contributed by atoms with Crippen molar-refractivity contribution in [2.24, 2.45) is 0 Å². The number of hydrogen-bond acceptors (Lipinski definition) is 6. The maximum Gasteiger partial charge on any atom is 0.159 e. The van der Waals surface area contributed by atoms with Crippen LogP contribution in [0.4, 0.5) is 17.3 Å². The van der Waals surface area contributed by atoms with Crippen molar-refractivity contribution in [2.75, 3.05) is 29.0 Å². The molecule has 1 aliphatic rings. The van der Waals surface area contributed by atoms with E-state index in [4.69, 9.17) is 17.3 Å². The molecular weight excluding hydrogens is 338 g/mol. The lowest BCUT2D eigenvalue weighted by Gasteiger charge is -2.21. The predicted molar refractivity (Wildman–Crippen MR) is 103 cm³/mol. The minimum absolute atomic E-state index is 0.359. The number of β-amino-alcohol motifs (C(OH)–C–C–N with tert-alkyl or cyclic N) is 1. The number of benzene rings is 1. The quantitative estimate of drug-likeness (QED) is 0.760. The first-order chi connectivity index (χ1) is 12.0. The average Bonchev–Trinajstić information content (AvgIpc) is 3.01. The van der Waals surface area contributed by atoms with Gasteiger partial charge in [-0.2, -0.15) is 0 Å². The number of aromatic nitrogens is 2. The van der Waals surface area contributed by atoms with E-state index in [9.17, 15) is 5.11 Å². The Bertz CT molecular complexity index is 795. The molecule has 2 aromatic rings. The molecule has 1 aliphatic heterocycles. The molecular formula is C18H22ClN5O. The van der Waals surface area contributed by atoms with Crippen LogP contribution in [0, 0.1) is 0 Å². The normalized spacial score (nSPS) is 16.9. The lowest BCUT2D eigenvalue weighted by atomic mass is 10.2. The highest BCUT2D eigenvalue weighted by atomic mass is 35.5. The molecule has 1 atom stereocenters. The largest absolute Gasteiger partial charge is 0.393 e. The lowest BCUT2D eigenvalue weighted by molar-refractivity contribution is 0.198. The zero-order chi connectivity index (χ0) is 18.0. The number of aliphatic hydroxyl groups is 1. The molecule has 0 aliphatic carbocycles. The van der Waals surface area contributed by atoms with Crippen molar-refractivity contribution < 1.29 is 5.11 Å². The van der Waals surface area contributed by atoms with Crippen molar-refractivity contribution in [1.82, 2.24) is 9.97 Å². The van der Waals surface area contributed by atoms with Gasteiger partial charge in [0.2, 0.25) is 0 Å². The molecule has 0 saturated carbocycles. The van der Waals surface area contributed by atoms with E-state index in [0.717, 1.165) is 11.1 Å². The SMILES string of the molecule is C=C(C)c1nc(NCc2ccccc2Cl)c(N)c(N2CCC(O)C2)n1. The van der Waals surface area contributed by atoms with Gasteiger partial charge in [-0.1, -0.05) is 36.4 Å². The number of nitrogens with two attached hydrogens (primary N) is 1. The van der Waals surface area contributed by atoms with Crippen LogP contribution in [-0.4, -0.2) is 34.3 Å². The van der Waals surface area contributed by atoms with Gasteiger partial charge in [0.15, 0.2) is 17.5 Å². The smallest absolute Gasteiger partial charge is 0.159 e. The molecule has 6 nitrogen and oxygen atoms in total. The summed E-state index contributed by atoms with van der Waals surface area (Å²) >= 11 is 6.21. The van der Waals surface area contributed by atoms with E-state index < -0.39 is 0 Å². The van der Waals surface area contributed by atoms with Crippen LogP contribution in [0.25, 0.3) is 5.57 Å². The first kappa shape index (κ1) is 17.5. The Morgan fingerprint density at radius 3 is 2.84 bits per heavy atom. The average molecular weight is 360 g/mol. The van der Waals surface area contributed by atoms with Crippen LogP contribution in [0.5, 0.6) is 0 Å². The number of anilines is 3. The van der Waals surface area contributed by atoms with Crippen LogP contribution in [0.2, 0.25) is 5.02 Å². The maximum absolute atomic E-state index is 9.81. The van der Waals surface area contributed by atoms with Crippen molar-refractivity contribution in [3.63, 3.8) is 0 Å². The van der Waals surface area contributed by atoms with E-state index in [-0.39, 0.29) is 6.10 Å². The van der Waals surface area contributed by atoms with Crippen LogP contribution in [0.3, 0.4) is 0 Å². The highest BCUT2D eigenvalue weighted by Gasteiger charge is 2.25. The minimum Gasteiger partial charge on any atom is -0.393 e. The summed E-state index contributed by atoms with van der Waals surface area (Å²) in [5.74, 6) is 1.71. The lowest BCUT2D eigenvalue weighted by Crippen LogP contribution is -2.24. The standard InChI is InChI=1S/C18H22ClN5O/c1-11(2)16-22-17(21-9-12-5-3-4-6-14(12)19)15(20)18(23-16)24-8-7-13(25)10-24/h3-6,13,25H,1,7-10,20H2,2H3,(H,21,22,23). The molecule has 0 radical (unpaired) electrons. The first-order valence-corrected chi connectivity index (χ1v) is 8.57. The third kappa shape index (κ3) is 3.86. The van der Waals surface area contributed by atoms with Crippen molar-refractivity contribution in [3.8, 4) is 0 Å². The highest BCUT2D eigenvalue weighted by molar-refractivity contribution is 6.31. The summed E-state index contributed by atoms with van der Waals surface area (Å²) in [4.78, 5) is 11.0. The Labute approximate surface area is 152 Å². The van der Waals surface area contributed by atoms with Crippen LogP contribution in [0.15, 0.2) is 30.8 Å². The summed E-state index contributed by atoms with van der Waals surface area (Å²) in [7, 11) is 0. The summed E-state index contributed by atoms with van der Waals surface area (Å²) in [6, 6.07) is 7.62. The predicted octanol–water partition coefficient (Wildman–Crippen LogP) is 2.93. The molecule has 1 aromatic carbocycles. The second-order valence-corrected chi connectivity index (χ2v) is 6.65. The van der Waals surface area contributed by atoms with Crippen molar-refractivity contribution in [2.45, 2.75) is 26.0 Å². The Morgan fingerprint density at radius 2 is 2.20 bits per heavy atom. The van der Waals surface area contributed by atoms with Crippen molar-refractivity contribution >= 4 is 34.5 Å². The molecule has 0 spiro atoms. The van der Waals surface area contributed by atoms with Gasteiger partial charge < -0.3 is 21.1 Å². The highest BCUT2D eigenvalue weighted by Crippen LogP contribution is 2.31. The van der Waals surface area contributed by atoms with E-state index in [2.05, 4.69) is 21.9 Å². The molecule has 0 bridgehead atoms. The van der Waals surface area contributed by atoms with Crippen LogP contribution >= 0.6 is 11.6 Å². The van der Waals surface area contributed by atoms with Gasteiger partial charge in [0, 0.05) is 24.7 Å². The molecule has 1 saturated heterocycles. The number of nitrogen functional groups attached to an aromatic ring is 1. The van der Waals surface area contributed by atoms with Gasteiger partial charge in [0.05, 0.1) is 6.10 Å². The second kappa shape index (κ2) is 7.29. The summed E-state index contributed by atoms with van der Waals surface area (Å²) < 4.78 is 0. The molecule has 7 heteroatoms. The number of hydrogen-bond donors (Lipinski definition) is 3. The number of aliphatic hydroxyl groups excluding tert-OH is 1. The third-order valence-electron chi connectivity index (χ3n) is 4.17. The summed E-state index contributed by atoms with van der Waals surface area (Å²) in [6.45, 7) is 7.51. The number of halogens is 1. The number of nitrogens with zero attached hydrogens (tertiary/aromatic N) is 3. The fourth-order valence-electron chi connectivity index (χ4n) is 2.78. The van der Waals surface area contributed by atoms with Gasteiger partial charge in [0.25, 0.3) is 0 Å². The summed E-state index contributed by atoms with van der Waals surface area (Å²) in [5, 5.41) is 13.7. The molecule has 3 rings (SSSR count). The fraction of sp³-hybridized carbons (Fsp3) is 0.333. The van der Waals surface area contributed by atoms with E-state index in [1.54, 1.807) is 0 Å². The topological polar surface area (TPSA) is 87.3 Å². The van der Waals surface area contributed by atoms with Crippen LogP contribution in [-0.2, 0) is 6.54 Å². The van der Waals surface area contributed by atoms with Gasteiger partial charge in [-0.3, -0.25) is 0 Å². The fourth-order valence-corrected chi connectivity index (χ4v) is 2.98. The molecule has 1 aromatic heterocycles. The molecule has 1 fully saturated rings. The molecule has 0 amide bonds. The summed E-state index contributed by atoms with van der Waals surface area (Å²) in [6.07, 6.45) is 0.344. The monoisotopic (exact) mass is 359 g/mol. The van der Waals surface area contributed by atoms with Gasteiger partial charge in [-0.05, 0) is 30.5 Å². The van der Waals surface area contributed by atoms with Crippen LogP contribution < -0.4 is 16.0 Å². The molecule has 2 heterocycles. The second-order valence-electron chi connectivity index (χ2n) is 6.25. The van der Waals surface area contributed by atoms with Gasteiger partial charge in [-0.25, -0.2) is 9.97 Å². The Hall–Kier alpha value is -2.31. The number of nitrogens with one attached hydrogen (secondary N) is 1. The van der Waals surface area contributed by atoms with Crippen molar-refractivity contribution in [3.05, 3.63) is 47.3 Å².